The van der Waals surface area contributed by atoms with Crippen molar-refractivity contribution < 1.29 is 13.2 Å². The van der Waals surface area contributed by atoms with Crippen LogP contribution in [0.1, 0.15) is 37.3 Å². The number of piperidine rings is 1. The van der Waals surface area contributed by atoms with E-state index in [1.165, 1.54) is 9.87 Å². The molecule has 2 aromatic rings. The molecule has 0 saturated carbocycles. The van der Waals surface area contributed by atoms with E-state index in [1.807, 2.05) is 25.1 Å². The second-order valence-corrected chi connectivity index (χ2v) is 10.4. The second kappa shape index (κ2) is 10.4. The first-order valence-electron chi connectivity index (χ1n) is 10.4. The van der Waals surface area contributed by atoms with Crippen LogP contribution in [0.15, 0.2) is 54.6 Å². The van der Waals surface area contributed by atoms with Gasteiger partial charge in [-0.3, -0.25) is 4.79 Å². The molecule has 1 saturated heterocycles. The average Bonchev–Trinajstić information content (AvgIpc) is 2.73. The van der Waals surface area contributed by atoms with Crippen LogP contribution < -0.4 is 5.32 Å². The minimum absolute atomic E-state index is 0.0381. The predicted octanol–water partition coefficient (Wildman–Crippen LogP) is 4.02. The van der Waals surface area contributed by atoms with Crippen molar-refractivity contribution >= 4 is 27.5 Å². The summed E-state index contributed by atoms with van der Waals surface area (Å²) in [6, 6.07) is 17.1. The maximum atomic E-state index is 12.9. The van der Waals surface area contributed by atoms with Crippen LogP contribution >= 0.6 is 11.6 Å². The maximum Gasteiger partial charge on any atom is 0.224 e. The van der Waals surface area contributed by atoms with Crippen molar-refractivity contribution in [2.24, 2.45) is 5.92 Å². The number of carbonyl (C=O) groups is 1. The van der Waals surface area contributed by atoms with Gasteiger partial charge in [0.15, 0.2) is 0 Å². The van der Waals surface area contributed by atoms with Gasteiger partial charge in [-0.15, -0.1) is 0 Å². The highest BCUT2D eigenvalue weighted by atomic mass is 35.5. The van der Waals surface area contributed by atoms with Crippen molar-refractivity contribution in [3.8, 4) is 0 Å². The van der Waals surface area contributed by atoms with E-state index in [0.29, 0.717) is 30.0 Å². The summed E-state index contributed by atoms with van der Waals surface area (Å²) >= 11 is 5.98. The first kappa shape index (κ1) is 22.8. The van der Waals surface area contributed by atoms with Crippen LogP contribution in [0.4, 0.5) is 0 Å². The van der Waals surface area contributed by atoms with E-state index < -0.39 is 10.0 Å². The lowest BCUT2D eigenvalue weighted by atomic mass is 9.98. The Bertz CT molecular complexity index is 950. The molecule has 30 heavy (non-hydrogen) atoms. The van der Waals surface area contributed by atoms with E-state index in [-0.39, 0.29) is 30.2 Å². The highest BCUT2D eigenvalue weighted by Gasteiger charge is 2.32. The molecule has 162 valence electrons. The number of hydrogen-bond donors (Lipinski definition) is 1. The Kier molecular flexibility index (Phi) is 7.92. The molecule has 0 aromatic heterocycles. The van der Waals surface area contributed by atoms with Crippen molar-refractivity contribution in [1.82, 2.24) is 9.62 Å². The van der Waals surface area contributed by atoms with Gasteiger partial charge in [-0.1, -0.05) is 54.1 Å². The van der Waals surface area contributed by atoms with Gasteiger partial charge in [0.2, 0.25) is 15.9 Å². The van der Waals surface area contributed by atoms with E-state index in [1.54, 1.807) is 24.3 Å². The number of aryl methyl sites for hydroxylation is 1. The number of halogens is 1. The van der Waals surface area contributed by atoms with Crippen molar-refractivity contribution in [2.75, 3.05) is 13.1 Å². The number of benzene rings is 2. The van der Waals surface area contributed by atoms with Gasteiger partial charge in [-0.2, -0.15) is 0 Å². The molecule has 1 N–H and O–H groups in total. The lowest BCUT2D eigenvalue weighted by molar-refractivity contribution is -0.126. The third-order valence-electron chi connectivity index (χ3n) is 5.48. The van der Waals surface area contributed by atoms with Crippen LogP contribution in [0, 0.1) is 5.92 Å². The molecule has 0 spiro atoms. The molecule has 0 radical (unpaired) electrons. The monoisotopic (exact) mass is 448 g/mol. The minimum atomic E-state index is -3.50. The van der Waals surface area contributed by atoms with Crippen LogP contribution in [0.3, 0.4) is 0 Å². The molecular weight excluding hydrogens is 420 g/mol. The van der Waals surface area contributed by atoms with Crippen LogP contribution in [-0.4, -0.2) is 37.8 Å². The smallest absolute Gasteiger partial charge is 0.224 e. The van der Waals surface area contributed by atoms with Gasteiger partial charge < -0.3 is 5.32 Å². The fraction of sp³-hybridized carbons (Fsp3) is 0.435. The third kappa shape index (κ3) is 6.56. The van der Waals surface area contributed by atoms with Gasteiger partial charge in [0, 0.05) is 24.2 Å². The SMILES string of the molecule is C[C@@H](CCc1ccccc1)NC(=O)[C@H]1CCCN(S(=O)(=O)Cc2cccc(Cl)c2)C1. The van der Waals surface area contributed by atoms with E-state index >= 15 is 0 Å². The molecule has 2 aromatic carbocycles. The Morgan fingerprint density at radius 3 is 2.63 bits per heavy atom. The molecular formula is C23H29ClN2O3S. The molecule has 1 amide bonds. The van der Waals surface area contributed by atoms with Crippen LogP contribution in [0.2, 0.25) is 5.02 Å². The van der Waals surface area contributed by atoms with Crippen LogP contribution in [-0.2, 0) is 27.0 Å². The van der Waals surface area contributed by atoms with Crippen molar-refractivity contribution in [1.29, 1.82) is 0 Å². The number of rotatable bonds is 8. The quantitative estimate of drug-likeness (QED) is 0.663. The number of carbonyl (C=O) groups excluding carboxylic acids is 1. The maximum absolute atomic E-state index is 12.9. The Hall–Kier alpha value is -1.89. The number of sulfonamides is 1. The zero-order valence-corrected chi connectivity index (χ0v) is 18.8. The van der Waals surface area contributed by atoms with Gasteiger partial charge in [0.1, 0.15) is 0 Å². The molecule has 1 heterocycles. The number of amides is 1. The Labute approximate surface area is 184 Å². The van der Waals surface area contributed by atoms with Crippen molar-refractivity contribution in [3.05, 3.63) is 70.7 Å². The lowest BCUT2D eigenvalue weighted by Crippen LogP contribution is -2.47. The molecule has 5 nitrogen and oxygen atoms in total. The van der Waals surface area contributed by atoms with Gasteiger partial charge >= 0.3 is 0 Å². The standard InChI is InChI=1S/C23H29ClN2O3S/c1-18(12-13-19-7-3-2-4-8-19)25-23(27)21-10-6-14-26(16-21)30(28,29)17-20-9-5-11-22(24)15-20/h2-5,7-9,11,15,18,21H,6,10,12-14,16-17H2,1H3,(H,25,27)/t18-,21-/m0/s1. The van der Waals surface area contributed by atoms with Crippen molar-refractivity contribution in [2.45, 2.75) is 44.4 Å². The summed E-state index contributed by atoms with van der Waals surface area (Å²) in [6.45, 7) is 2.69. The first-order valence-corrected chi connectivity index (χ1v) is 12.4. The zero-order chi connectivity index (χ0) is 21.6. The number of nitrogens with zero attached hydrogens (tertiary/aromatic N) is 1. The summed E-state index contributed by atoms with van der Waals surface area (Å²) in [5.41, 5.74) is 1.90. The van der Waals surface area contributed by atoms with Gasteiger partial charge in [-0.05, 0) is 55.9 Å². The van der Waals surface area contributed by atoms with E-state index in [4.69, 9.17) is 11.6 Å². The highest BCUT2D eigenvalue weighted by molar-refractivity contribution is 7.88. The first-order chi connectivity index (χ1) is 14.3. The Morgan fingerprint density at radius 1 is 1.17 bits per heavy atom. The summed E-state index contributed by atoms with van der Waals surface area (Å²) < 4.78 is 27.2. The average molecular weight is 449 g/mol. The van der Waals surface area contributed by atoms with Gasteiger partial charge in [0.05, 0.1) is 11.7 Å². The zero-order valence-electron chi connectivity index (χ0n) is 17.3. The summed E-state index contributed by atoms with van der Waals surface area (Å²) in [6.07, 6.45) is 3.14. The molecule has 7 heteroatoms. The summed E-state index contributed by atoms with van der Waals surface area (Å²) in [4.78, 5) is 12.7. The molecule has 0 aliphatic carbocycles. The highest BCUT2D eigenvalue weighted by Crippen LogP contribution is 2.23. The molecule has 1 aliphatic rings. The van der Waals surface area contributed by atoms with Gasteiger partial charge in [0.25, 0.3) is 0 Å². The number of nitrogens with one attached hydrogen (secondary N) is 1. The lowest BCUT2D eigenvalue weighted by Gasteiger charge is -2.32. The molecule has 1 fully saturated rings. The van der Waals surface area contributed by atoms with E-state index in [9.17, 15) is 13.2 Å². The fourth-order valence-corrected chi connectivity index (χ4v) is 5.61. The third-order valence-corrected chi connectivity index (χ3v) is 7.54. The summed E-state index contributed by atoms with van der Waals surface area (Å²) in [7, 11) is -3.50. The van der Waals surface area contributed by atoms with Crippen LogP contribution in [0.25, 0.3) is 0 Å². The second-order valence-electron chi connectivity index (χ2n) is 8.02. The normalized spacial score (nSPS) is 18.7. The Balaban J connectivity index is 1.53. The Morgan fingerprint density at radius 2 is 1.90 bits per heavy atom. The number of hydrogen-bond acceptors (Lipinski definition) is 3. The summed E-state index contributed by atoms with van der Waals surface area (Å²) in [5.74, 6) is -0.472. The molecule has 0 bridgehead atoms. The largest absolute Gasteiger partial charge is 0.353 e. The van der Waals surface area contributed by atoms with Crippen LogP contribution in [0.5, 0.6) is 0 Å². The molecule has 3 rings (SSSR count). The van der Waals surface area contributed by atoms with Crippen molar-refractivity contribution in [3.63, 3.8) is 0 Å². The fourth-order valence-electron chi connectivity index (χ4n) is 3.80. The topological polar surface area (TPSA) is 66.5 Å². The minimum Gasteiger partial charge on any atom is -0.353 e. The molecule has 0 unspecified atom stereocenters. The van der Waals surface area contributed by atoms with Gasteiger partial charge in [-0.25, -0.2) is 12.7 Å². The molecule has 1 aliphatic heterocycles. The van der Waals surface area contributed by atoms with E-state index in [2.05, 4.69) is 17.4 Å². The summed E-state index contributed by atoms with van der Waals surface area (Å²) in [5, 5.41) is 3.59. The van der Waals surface area contributed by atoms with E-state index in [0.717, 1.165) is 12.8 Å². The molecule has 2 atom stereocenters. The predicted molar refractivity (Wildman–Crippen MR) is 121 cm³/mol.